The minimum atomic E-state index is -1.68. The van der Waals surface area contributed by atoms with Crippen molar-refractivity contribution in [3.05, 3.63) is 35.9 Å². The fraction of sp³-hybridized carbons (Fsp3) is 0.500. The number of carboxylic acid groups (broad SMARTS) is 2. The average molecular weight is 497 g/mol. The van der Waals surface area contributed by atoms with Crippen LogP contribution in [0.25, 0.3) is 0 Å². The predicted octanol–water partition coefficient (Wildman–Crippen LogP) is -0.454. The molecule has 188 valence electrons. The smallest absolute Gasteiger partial charge is 0.326 e. The van der Waals surface area contributed by atoms with E-state index in [0.717, 1.165) is 5.56 Å². The zero-order valence-corrected chi connectivity index (χ0v) is 20.0. The highest BCUT2D eigenvalue weighted by Crippen LogP contribution is 2.07. The Labute approximate surface area is 203 Å². The molecule has 0 heterocycles. The van der Waals surface area contributed by atoms with Gasteiger partial charge in [0.25, 0.3) is 0 Å². The van der Waals surface area contributed by atoms with Crippen LogP contribution in [0.3, 0.4) is 0 Å². The molecule has 3 amide bonds. The minimum Gasteiger partial charge on any atom is -0.481 e. The van der Waals surface area contributed by atoms with E-state index in [1.54, 1.807) is 30.3 Å². The largest absolute Gasteiger partial charge is 0.481 e. The molecule has 0 saturated heterocycles. The highest BCUT2D eigenvalue weighted by Gasteiger charge is 2.30. The van der Waals surface area contributed by atoms with E-state index in [1.807, 2.05) is 13.8 Å². The van der Waals surface area contributed by atoms with Gasteiger partial charge in [-0.3, -0.25) is 19.2 Å². The highest BCUT2D eigenvalue weighted by molar-refractivity contribution is 7.80. The Morgan fingerprint density at radius 1 is 0.882 bits per heavy atom. The summed E-state index contributed by atoms with van der Waals surface area (Å²) in [7, 11) is 0. The third-order valence-electron chi connectivity index (χ3n) is 4.79. The number of aliphatic carboxylic acids is 2. The fourth-order valence-corrected chi connectivity index (χ4v) is 3.32. The molecule has 0 radical (unpaired) electrons. The maximum atomic E-state index is 13.0. The van der Waals surface area contributed by atoms with Gasteiger partial charge in [0, 0.05) is 12.2 Å². The molecule has 4 unspecified atom stereocenters. The second kappa shape index (κ2) is 14.2. The zero-order chi connectivity index (χ0) is 25.8. The highest BCUT2D eigenvalue weighted by atomic mass is 32.1. The van der Waals surface area contributed by atoms with Crippen LogP contribution < -0.4 is 21.7 Å². The summed E-state index contributed by atoms with van der Waals surface area (Å²) in [5.41, 5.74) is 6.68. The van der Waals surface area contributed by atoms with Crippen molar-refractivity contribution in [1.82, 2.24) is 16.0 Å². The van der Waals surface area contributed by atoms with Gasteiger partial charge in [0.1, 0.15) is 18.1 Å². The Balaban J connectivity index is 2.98. The molecule has 0 fully saturated rings. The van der Waals surface area contributed by atoms with Crippen LogP contribution in [0.4, 0.5) is 0 Å². The van der Waals surface area contributed by atoms with E-state index in [-0.39, 0.29) is 18.1 Å². The van der Waals surface area contributed by atoms with E-state index in [0.29, 0.717) is 6.42 Å². The molecule has 0 aliphatic heterocycles. The molecule has 0 aliphatic carbocycles. The molecule has 0 saturated carbocycles. The van der Waals surface area contributed by atoms with E-state index < -0.39 is 60.2 Å². The third-order valence-corrected chi connectivity index (χ3v) is 5.15. The van der Waals surface area contributed by atoms with Gasteiger partial charge in [-0.2, -0.15) is 12.6 Å². The van der Waals surface area contributed by atoms with Gasteiger partial charge in [-0.05, 0) is 17.9 Å². The second-order valence-corrected chi connectivity index (χ2v) is 8.59. The van der Waals surface area contributed by atoms with Gasteiger partial charge in [-0.15, -0.1) is 0 Å². The molecule has 4 atom stereocenters. The summed E-state index contributed by atoms with van der Waals surface area (Å²) in [4.78, 5) is 60.2. The number of hydrogen-bond donors (Lipinski definition) is 7. The number of carbonyl (C=O) groups excluding carboxylic acids is 3. The first kappa shape index (κ1) is 28.9. The van der Waals surface area contributed by atoms with Crippen LogP contribution >= 0.6 is 12.6 Å². The Bertz CT molecular complexity index is 866. The zero-order valence-electron chi connectivity index (χ0n) is 19.1. The van der Waals surface area contributed by atoms with Crippen LogP contribution in [0.2, 0.25) is 0 Å². The molecule has 34 heavy (non-hydrogen) atoms. The molecule has 11 nitrogen and oxygen atoms in total. The number of hydrogen-bond acceptors (Lipinski definition) is 7. The molecular weight excluding hydrogens is 464 g/mol. The van der Waals surface area contributed by atoms with Crippen LogP contribution in [-0.2, 0) is 30.4 Å². The normalized spacial score (nSPS) is 14.4. The summed E-state index contributed by atoms with van der Waals surface area (Å²) >= 11 is 4.03. The van der Waals surface area contributed by atoms with Crippen LogP contribution in [0.1, 0.15) is 32.3 Å². The van der Waals surface area contributed by atoms with E-state index in [2.05, 4.69) is 28.6 Å². The molecular formula is C22H32N4O7S. The minimum absolute atomic E-state index is 0.116. The molecule has 1 rings (SSSR count). The van der Waals surface area contributed by atoms with Crippen molar-refractivity contribution in [1.29, 1.82) is 0 Å². The number of nitrogens with two attached hydrogens (primary N) is 1. The van der Waals surface area contributed by atoms with Crippen molar-refractivity contribution < 1.29 is 34.2 Å². The lowest BCUT2D eigenvalue weighted by Crippen LogP contribution is -2.58. The number of benzene rings is 1. The lowest BCUT2D eigenvalue weighted by Gasteiger charge is -2.24. The maximum Gasteiger partial charge on any atom is 0.326 e. The van der Waals surface area contributed by atoms with E-state index in [4.69, 9.17) is 15.9 Å². The summed E-state index contributed by atoms with van der Waals surface area (Å²) in [6, 6.07) is 4.03. The fourth-order valence-electron chi connectivity index (χ4n) is 3.07. The summed E-state index contributed by atoms with van der Waals surface area (Å²) in [5.74, 6) is -5.13. The summed E-state index contributed by atoms with van der Waals surface area (Å²) in [6.07, 6.45) is -0.313. The van der Waals surface area contributed by atoms with Crippen LogP contribution in [0.5, 0.6) is 0 Å². The Morgan fingerprint density at radius 2 is 1.41 bits per heavy atom. The monoisotopic (exact) mass is 496 g/mol. The van der Waals surface area contributed by atoms with Crippen LogP contribution in [0, 0.1) is 5.92 Å². The number of thiol groups is 1. The summed E-state index contributed by atoms with van der Waals surface area (Å²) in [6.45, 7) is 3.82. The van der Waals surface area contributed by atoms with Gasteiger partial charge in [0.05, 0.1) is 12.5 Å². The number of carboxylic acids is 2. The van der Waals surface area contributed by atoms with Gasteiger partial charge in [0.2, 0.25) is 17.7 Å². The first-order chi connectivity index (χ1) is 15.9. The number of nitrogens with one attached hydrogen (secondary N) is 3. The number of rotatable bonds is 14. The molecule has 0 spiro atoms. The van der Waals surface area contributed by atoms with E-state index >= 15 is 0 Å². The Hall–Kier alpha value is -3.12. The average Bonchev–Trinajstić information content (AvgIpc) is 2.75. The second-order valence-electron chi connectivity index (χ2n) is 8.23. The lowest BCUT2D eigenvalue weighted by atomic mass is 10.0. The van der Waals surface area contributed by atoms with Gasteiger partial charge in [-0.25, -0.2) is 4.79 Å². The Kier molecular flexibility index (Phi) is 12.1. The van der Waals surface area contributed by atoms with Crippen LogP contribution in [0.15, 0.2) is 30.3 Å². The topological polar surface area (TPSA) is 188 Å². The van der Waals surface area contributed by atoms with Gasteiger partial charge < -0.3 is 31.9 Å². The Morgan fingerprint density at radius 3 is 1.91 bits per heavy atom. The van der Waals surface area contributed by atoms with Gasteiger partial charge >= 0.3 is 11.9 Å². The standard InChI is InChI=1S/C22H32N4O7S/c1-12(2)8-14(23)19(29)24-15(9-13-6-4-3-5-7-13)20(30)26-17(11-34)21(31)25-16(22(32)33)10-18(27)28/h3-7,12,14-17,34H,8-11,23H2,1-2H3,(H,24,29)(H,25,31)(H,26,30)(H,27,28)(H,32,33). The molecule has 0 aliphatic rings. The van der Waals surface area contributed by atoms with Crippen molar-refractivity contribution in [2.75, 3.05) is 5.75 Å². The van der Waals surface area contributed by atoms with Gasteiger partial charge in [-0.1, -0.05) is 44.2 Å². The first-order valence-electron chi connectivity index (χ1n) is 10.7. The van der Waals surface area contributed by atoms with E-state index in [9.17, 15) is 24.0 Å². The summed E-state index contributed by atoms with van der Waals surface area (Å²) < 4.78 is 0. The maximum absolute atomic E-state index is 13.0. The SMILES string of the molecule is CC(C)CC(N)C(=O)NC(Cc1ccccc1)C(=O)NC(CS)C(=O)NC(CC(=O)O)C(=O)O. The number of amides is 3. The summed E-state index contributed by atoms with van der Waals surface area (Å²) in [5, 5.41) is 25.1. The molecule has 0 bridgehead atoms. The van der Waals surface area contributed by atoms with Crippen LogP contribution in [-0.4, -0.2) is 69.8 Å². The van der Waals surface area contributed by atoms with Crippen molar-refractivity contribution >= 4 is 42.3 Å². The molecule has 0 aromatic heterocycles. The van der Waals surface area contributed by atoms with Crippen molar-refractivity contribution in [3.8, 4) is 0 Å². The first-order valence-corrected chi connectivity index (χ1v) is 11.3. The lowest BCUT2D eigenvalue weighted by molar-refractivity contribution is -0.147. The molecule has 1 aromatic rings. The third kappa shape index (κ3) is 10.2. The van der Waals surface area contributed by atoms with E-state index in [1.165, 1.54) is 0 Å². The van der Waals surface area contributed by atoms with Crippen molar-refractivity contribution in [2.45, 2.75) is 57.3 Å². The van der Waals surface area contributed by atoms with Crippen molar-refractivity contribution in [2.24, 2.45) is 11.7 Å². The van der Waals surface area contributed by atoms with Gasteiger partial charge in [0.15, 0.2) is 0 Å². The quantitative estimate of drug-likeness (QED) is 0.169. The molecule has 1 aromatic carbocycles. The molecule has 7 N–H and O–H groups in total. The molecule has 12 heteroatoms. The van der Waals surface area contributed by atoms with Crippen molar-refractivity contribution in [3.63, 3.8) is 0 Å². The number of carbonyl (C=O) groups is 5. The predicted molar refractivity (Wildman–Crippen MR) is 127 cm³/mol.